The standard InChI is InChI=1S/C16H28N2O2/c1-5-16(4)15(20)18(10-6-7-12-8-9-12)13(11(2)3)14(19)17-16/h11-13H,5-10H2,1-4H3,(H,17,19). The van der Waals surface area contributed by atoms with Crippen LogP contribution < -0.4 is 5.32 Å². The zero-order valence-electron chi connectivity index (χ0n) is 13.2. The highest BCUT2D eigenvalue weighted by Crippen LogP contribution is 2.34. The Labute approximate surface area is 122 Å². The summed E-state index contributed by atoms with van der Waals surface area (Å²) in [5.74, 6) is 1.13. The molecule has 2 fully saturated rings. The summed E-state index contributed by atoms with van der Waals surface area (Å²) in [7, 11) is 0. The molecule has 2 rings (SSSR count). The second kappa shape index (κ2) is 5.74. The fourth-order valence-electron chi connectivity index (χ4n) is 3.08. The Kier molecular flexibility index (Phi) is 4.40. The number of hydrogen-bond acceptors (Lipinski definition) is 2. The zero-order chi connectivity index (χ0) is 14.9. The molecule has 0 bridgehead atoms. The number of nitrogens with zero attached hydrogens (tertiary/aromatic N) is 1. The Morgan fingerprint density at radius 3 is 2.50 bits per heavy atom. The van der Waals surface area contributed by atoms with Crippen molar-refractivity contribution in [3.8, 4) is 0 Å². The molecular formula is C16H28N2O2. The van der Waals surface area contributed by atoms with E-state index in [2.05, 4.69) is 5.32 Å². The molecular weight excluding hydrogens is 252 g/mol. The molecule has 1 heterocycles. The van der Waals surface area contributed by atoms with Gasteiger partial charge in [-0.1, -0.05) is 33.6 Å². The maximum absolute atomic E-state index is 12.7. The fraction of sp³-hybridized carbons (Fsp3) is 0.875. The molecule has 0 aromatic carbocycles. The molecule has 1 saturated heterocycles. The molecule has 1 aliphatic carbocycles. The van der Waals surface area contributed by atoms with E-state index in [1.807, 2.05) is 32.6 Å². The molecule has 0 spiro atoms. The van der Waals surface area contributed by atoms with Gasteiger partial charge in [0.25, 0.3) is 0 Å². The van der Waals surface area contributed by atoms with Gasteiger partial charge in [0, 0.05) is 6.54 Å². The van der Waals surface area contributed by atoms with E-state index in [0.29, 0.717) is 6.42 Å². The maximum atomic E-state index is 12.7. The first-order valence-corrected chi connectivity index (χ1v) is 8.02. The largest absolute Gasteiger partial charge is 0.340 e. The van der Waals surface area contributed by atoms with E-state index in [4.69, 9.17) is 0 Å². The highest BCUT2D eigenvalue weighted by molar-refractivity contribution is 5.99. The van der Waals surface area contributed by atoms with Crippen LogP contribution in [-0.2, 0) is 9.59 Å². The van der Waals surface area contributed by atoms with Gasteiger partial charge in [0.1, 0.15) is 11.6 Å². The molecule has 4 nitrogen and oxygen atoms in total. The average Bonchev–Trinajstić information content (AvgIpc) is 3.18. The molecule has 1 N–H and O–H groups in total. The van der Waals surface area contributed by atoms with Crippen molar-refractivity contribution in [1.82, 2.24) is 10.2 Å². The van der Waals surface area contributed by atoms with Crippen LogP contribution in [0.5, 0.6) is 0 Å². The predicted molar refractivity (Wildman–Crippen MR) is 79.1 cm³/mol. The van der Waals surface area contributed by atoms with Crippen LogP contribution >= 0.6 is 0 Å². The molecule has 20 heavy (non-hydrogen) atoms. The lowest BCUT2D eigenvalue weighted by Crippen LogP contribution is -2.70. The van der Waals surface area contributed by atoms with Crippen molar-refractivity contribution in [3.63, 3.8) is 0 Å². The molecule has 2 unspecified atom stereocenters. The van der Waals surface area contributed by atoms with Gasteiger partial charge in [-0.05, 0) is 38.0 Å². The SMILES string of the molecule is CCC1(C)NC(=O)C(C(C)C)N(CCCC2CC2)C1=O. The van der Waals surface area contributed by atoms with E-state index in [-0.39, 0.29) is 23.8 Å². The third-order valence-corrected chi connectivity index (χ3v) is 4.78. The van der Waals surface area contributed by atoms with Crippen LogP contribution in [-0.4, -0.2) is 34.8 Å². The number of amides is 2. The fourth-order valence-corrected chi connectivity index (χ4v) is 3.08. The zero-order valence-corrected chi connectivity index (χ0v) is 13.2. The van der Waals surface area contributed by atoms with Crippen molar-refractivity contribution in [2.75, 3.05) is 6.54 Å². The van der Waals surface area contributed by atoms with Crippen LogP contribution in [0.1, 0.15) is 59.8 Å². The monoisotopic (exact) mass is 280 g/mol. The second-order valence-corrected chi connectivity index (χ2v) is 6.95. The minimum Gasteiger partial charge on any atom is -0.340 e. The van der Waals surface area contributed by atoms with Crippen molar-refractivity contribution >= 4 is 11.8 Å². The summed E-state index contributed by atoms with van der Waals surface area (Å²) < 4.78 is 0. The molecule has 2 aliphatic rings. The summed E-state index contributed by atoms with van der Waals surface area (Å²) in [6.45, 7) is 8.55. The van der Waals surface area contributed by atoms with E-state index >= 15 is 0 Å². The van der Waals surface area contributed by atoms with Crippen molar-refractivity contribution < 1.29 is 9.59 Å². The van der Waals surface area contributed by atoms with Gasteiger partial charge in [-0.15, -0.1) is 0 Å². The molecule has 4 heteroatoms. The van der Waals surface area contributed by atoms with Crippen LogP contribution in [0.15, 0.2) is 0 Å². The van der Waals surface area contributed by atoms with Crippen LogP contribution in [0.2, 0.25) is 0 Å². The van der Waals surface area contributed by atoms with Gasteiger partial charge in [0.05, 0.1) is 0 Å². The third kappa shape index (κ3) is 2.99. The summed E-state index contributed by atoms with van der Waals surface area (Å²) in [4.78, 5) is 27.0. The highest BCUT2D eigenvalue weighted by Gasteiger charge is 2.47. The molecule has 2 amide bonds. The lowest BCUT2D eigenvalue weighted by atomic mass is 9.88. The van der Waals surface area contributed by atoms with Crippen LogP contribution in [0.4, 0.5) is 0 Å². The predicted octanol–water partition coefficient (Wildman–Crippen LogP) is 2.33. The Hall–Kier alpha value is -1.06. The summed E-state index contributed by atoms with van der Waals surface area (Å²) in [5, 5.41) is 2.93. The van der Waals surface area contributed by atoms with Crippen LogP contribution in [0.25, 0.3) is 0 Å². The maximum Gasteiger partial charge on any atom is 0.248 e. The van der Waals surface area contributed by atoms with E-state index < -0.39 is 5.54 Å². The molecule has 114 valence electrons. The van der Waals surface area contributed by atoms with E-state index in [1.165, 1.54) is 19.3 Å². The third-order valence-electron chi connectivity index (χ3n) is 4.78. The Balaban J connectivity index is 2.10. The number of carbonyl (C=O) groups is 2. The highest BCUT2D eigenvalue weighted by atomic mass is 16.2. The average molecular weight is 280 g/mol. The first-order valence-electron chi connectivity index (χ1n) is 8.02. The minimum absolute atomic E-state index is 0.00960. The van der Waals surface area contributed by atoms with Gasteiger partial charge < -0.3 is 10.2 Å². The van der Waals surface area contributed by atoms with Crippen LogP contribution in [0.3, 0.4) is 0 Å². The smallest absolute Gasteiger partial charge is 0.248 e. The minimum atomic E-state index is -0.720. The van der Waals surface area contributed by atoms with Gasteiger partial charge >= 0.3 is 0 Å². The van der Waals surface area contributed by atoms with Gasteiger partial charge in [-0.2, -0.15) is 0 Å². The first-order chi connectivity index (χ1) is 9.39. The molecule has 1 saturated carbocycles. The number of nitrogens with one attached hydrogen (secondary N) is 1. The van der Waals surface area contributed by atoms with Crippen molar-refractivity contribution in [1.29, 1.82) is 0 Å². The Morgan fingerprint density at radius 1 is 1.35 bits per heavy atom. The van der Waals surface area contributed by atoms with Gasteiger partial charge in [0.15, 0.2) is 0 Å². The number of rotatable bonds is 6. The van der Waals surface area contributed by atoms with E-state index in [9.17, 15) is 9.59 Å². The molecule has 1 aliphatic heterocycles. The second-order valence-electron chi connectivity index (χ2n) is 6.95. The van der Waals surface area contributed by atoms with Gasteiger partial charge in [-0.3, -0.25) is 9.59 Å². The summed E-state index contributed by atoms with van der Waals surface area (Å²) in [5.41, 5.74) is -0.720. The van der Waals surface area contributed by atoms with Gasteiger partial charge in [-0.25, -0.2) is 0 Å². The topological polar surface area (TPSA) is 49.4 Å². The number of carbonyl (C=O) groups excluding carboxylic acids is 2. The van der Waals surface area contributed by atoms with Crippen LogP contribution in [0, 0.1) is 11.8 Å². The molecule has 0 aromatic rings. The Morgan fingerprint density at radius 2 is 2.00 bits per heavy atom. The normalized spacial score (nSPS) is 30.9. The summed E-state index contributed by atoms with van der Waals surface area (Å²) >= 11 is 0. The lowest BCUT2D eigenvalue weighted by Gasteiger charge is -2.45. The van der Waals surface area contributed by atoms with E-state index in [0.717, 1.165) is 18.9 Å². The molecule has 0 aromatic heterocycles. The first kappa shape index (κ1) is 15.3. The molecule has 0 radical (unpaired) electrons. The van der Waals surface area contributed by atoms with Crippen molar-refractivity contribution in [3.05, 3.63) is 0 Å². The lowest BCUT2D eigenvalue weighted by molar-refractivity contribution is -0.156. The van der Waals surface area contributed by atoms with Crippen molar-refractivity contribution in [2.24, 2.45) is 11.8 Å². The quantitative estimate of drug-likeness (QED) is 0.812. The van der Waals surface area contributed by atoms with Crippen molar-refractivity contribution in [2.45, 2.75) is 71.4 Å². The summed E-state index contributed by atoms with van der Waals surface area (Å²) in [6, 6.07) is -0.304. The molecule has 2 atom stereocenters. The number of hydrogen-bond donors (Lipinski definition) is 1. The number of piperazine rings is 1. The van der Waals surface area contributed by atoms with E-state index in [1.54, 1.807) is 0 Å². The van der Waals surface area contributed by atoms with Gasteiger partial charge in [0.2, 0.25) is 11.8 Å². The Bertz CT molecular complexity index is 390. The summed E-state index contributed by atoms with van der Waals surface area (Å²) in [6.07, 6.45) is 5.54.